The number of aliphatic hydroxyl groups is 1. The zero-order valence-electron chi connectivity index (χ0n) is 13.0. The lowest BCUT2D eigenvalue weighted by atomic mass is 9.75. The number of aliphatic hydroxyl groups excluding tert-OH is 1. The van der Waals surface area contributed by atoms with Gasteiger partial charge in [0.2, 0.25) is 0 Å². The van der Waals surface area contributed by atoms with E-state index in [0.29, 0.717) is 11.5 Å². The maximum absolute atomic E-state index is 9.70. The molecule has 1 saturated carbocycles. The van der Waals surface area contributed by atoms with Crippen molar-refractivity contribution in [1.82, 2.24) is 0 Å². The van der Waals surface area contributed by atoms with E-state index in [2.05, 4.69) is 53.9 Å². The Bertz CT molecular complexity index is 460. The van der Waals surface area contributed by atoms with E-state index in [0.717, 1.165) is 10.0 Å². The smallest absolute Gasteiger partial charge is 0.0772 e. The zero-order valence-corrected chi connectivity index (χ0v) is 14.6. The van der Waals surface area contributed by atoms with E-state index in [9.17, 15) is 5.11 Å². The minimum absolute atomic E-state index is 0.431. The molecule has 1 aromatic rings. The van der Waals surface area contributed by atoms with Gasteiger partial charge in [-0.15, -0.1) is 0 Å². The van der Waals surface area contributed by atoms with Gasteiger partial charge in [-0.25, -0.2) is 0 Å². The molecule has 0 heterocycles. The van der Waals surface area contributed by atoms with Crippen LogP contribution in [0.15, 0.2) is 22.7 Å². The second-order valence-corrected chi connectivity index (χ2v) is 7.74. The number of anilines is 1. The van der Waals surface area contributed by atoms with E-state index in [1.54, 1.807) is 6.92 Å². The van der Waals surface area contributed by atoms with Crippen LogP contribution in [0.1, 0.15) is 58.1 Å². The van der Waals surface area contributed by atoms with Gasteiger partial charge in [-0.3, -0.25) is 0 Å². The van der Waals surface area contributed by atoms with Crippen LogP contribution in [-0.2, 0) is 0 Å². The van der Waals surface area contributed by atoms with E-state index in [1.807, 2.05) is 6.07 Å². The van der Waals surface area contributed by atoms with E-state index < -0.39 is 6.10 Å². The van der Waals surface area contributed by atoms with Crippen molar-refractivity contribution in [3.8, 4) is 0 Å². The van der Waals surface area contributed by atoms with Gasteiger partial charge in [-0.1, -0.05) is 35.8 Å². The number of hydrogen-bond acceptors (Lipinski definition) is 2. The van der Waals surface area contributed by atoms with E-state index >= 15 is 0 Å². The molecule has 20 heavy (non-hydrogen) atoms. The van der Waals surface area contributed by atoms with Crippen molar-refractivity contribution in [1.29, 1.82) is 0 Å². The molecule has 1 aliphatic carbocycles. The van der Waals surface area contributed by atoms with Crippen LogP contribution in [0.5, 0.6) is 0 Å². The lowest BCUT2D eigenvalue weighted by molar-refractivity contribution is 0.198. The summed E-state index contributed by atoms with van der Waals surface area (Å²) in [5, 5.41) is 9.70. The Morgan fingerprint density at radius 1 is 1.30 bits per heavy atom. The predicted molar refractivity (Wildman–Crippen MR) is 89.2 cm³/mol. The molecule has 0 bridgehead atoms. The molecule has 0 aliphatic heterocycles. The molecule has 1 fully saturated rings. The molecule has 0 radical (unpaired) electrons. The molecule has 3 heteroatoms. The van der Waals surface area contributed by atoms with Gasteiger partial charge in [-0.05, 0) is 55.7 Å². The second kappa shape index (κ2) is 6.07. The highest BCUT2D eigenvalue weighted by atomic mass is 79.9. The van der Waals surface area contributed by atoms with Crippen LogP contribution >= 0.6 is 15.9 Å². The Kier molecular flexibility index (Phi) is 4.80. The third kappa shape index (κ3) is 3.56. The number of rotatable bonds is 3. The third-order valence-electron chi connectivity index (χ3n) is 4.70. The average molecular weight is 340 g/mol. The monoisotopic (exact) mass is 339 g/mol. The van der Waals surface area contributed by atoms with Gasteiger partial charge >= 0.3 is 0 Å². The van der Waals surface area contributed by atoms with Gasteiger partial charge in [0.05, 0.1) is 6.10 Å². The van der Waals surface area contributed by atoms with Crippen molar-refractivity contribution in [2.24, 2.45) is 5.41 Å². The SMILES string of the molecule is CC(O)c1ccc(N(C)C2CCC(C)(C)CC2)cc1Br. The Morgan fingerprint density at radius 3 is 2.40 bits per heavy atom. The first-order valence-electron chi connectivity index (χ1n) is 7.50. The van der Waals surface area contributed by atoms with Crippen LogP contribution in [0.25, 0.3) is 0 Å². The summed E-state index contributed by atoms with van der Waals surface area (Å²) in [7, 11) is 2.19. The van der Waals surface area contributed by atoms with Crippen molar-refractivity contribution in [3.63, 3.8) is 0 Å². The quantitative estimate of drug-likeness (QED) is 0.845. The van der Waals surface area contributed by atoms with E-state index in [-0.39, 0.29) is 0 Å². The molecule has 2 rings (SSSR count). The fourth-order valence-corrected chi connectivity index (χ4v) is 3.75. The van der Waals surface area contributed by atoms with Gasteiger partial charge < -0.3 is 10.0 Å². The van der Waals surface area contributed by atoms with Crippen LogP contribution in [0, 0.1) is 5.41 Å². The molecule has 0 aromatic heterocycles. The third-order valence-corrected chi connectivity index (χ3v) is 5.38. The van der Waals surface area contributed by atoms with Crippen LogP contribution in [-0.4, -0.2) is 18.2 Å². The highest BCUT2D eigenvalue weighted by Crippen LogP contribution is 2.38. The van der Waals surface area contributed by atoms with Gasteiger partial charge in [0, 0.05) is 23.2 Å². The second-order valence-electron chi connectivity index (χ2n) is 6.89. The molecule has 1 aliphatic rings. The fraction of sp³-hybridized carbons (Fsp3) is 0.647. The Hall–Kier alpha value is -0.540. The van der Waals surface area contributed by atoms with Crippen molar-refractivity contribution < 1.29 is 5.11 Å². The topological polar surface area (TPSA) is 23.5 Å². The van der Waals surface area contributed by atoms with Gasteiger partial charge in [0.15, 0.2) is 0 Å². The van der Waals surface area contributed by atoms with Gasteiger partial charge in [0.25, 0.3) is 0 Å². The molecule has 0 amide bonds. The lowest BCUT2D eigenvalue weighted by Crippen LogP contribution is -2.37. The molecule has 1 aromatic carbocycles. The van der Waals surface area contributed by atoms with Crippen molar-refractivity contribution >= 4 is 21.6 Å². The molecule has 1 N–H and O–H groups in total. The fourth-order valence-electron chi connectivity index (χ4n) is 3.06. The number of hydrogen-bond donors (Lipinski definition) is 1. The largest absolute Gasteiger partial charge is 0.389 e. The maximum Gasteiger partial charge on any atom is 0.0772 e. The van der Waals surface area contributed by atoms with E-state index in [1.165, 1.54) is 31.4 Å². The summed E-state index contributed by atoms with van der Waals surface area (Å²) in [6.07, 6.45) is 4.70. The lowest BCUT2D eigenvalue weighted by Gasteiger charge is -2.39. The molecule has 2 nitrogen and oxygen atoms in total. The van der Waals surface area contributed by atoms with Gasteiger partial charge in [0.1, 0.15) is 0 Å². The first-order valence-corrected chi connectivity index (χ1v) is 8.30. The summed E-state index contributed by atoms with van der Waals surface area (Å²) in [4.78, 5) is 2.39. The first kappa shape index (κ1) is 15.8. The predicted octanol–water partition coefficient (Wildman–Crippen LogP) is 4.91. The summed E-state index contributed by atoms with van der Waals surface area (Å²) in [5.41, 5.74) is 2.69. The van der Waals surface area contributed by atoms with Crippen LogP contribution in [0.4, 0.5) is 5.69 Å². The van der Waals surface area contributed by atoms with Crippen molar-refractivity contribution in [2.75, 3.05) is 11.9 Å². The maximum atomic E-state index is 9.70. The minimum atomic E-state index is -0.431. The summed E-state index contributed by atoms with van der Waals surface area (Å²) < 4.78 is 0.994. The summed E-state index contributed by atoms with van der Waals surface area (Å²) >= 11 is 3.57. The molecule has 112 valence electrons. The van der Waals surface area contributed by atoms with Crippen molar-refractivity contribution in [3.05, 3.63) is 28.2 Å². The molecular weight excluding hydrogens is 314 g/mol. The van der Waals surface area contributed by atoms with Crippen LogP contribution < -0.4 is 4.90 Å². The van der Waals surface area contributed by atoms with Gasteiger partial charge in [-0.2, -0.15) is 0 Å². The van der Waals surface area contributed by atoms with Crippen LogP contribution in [0.3, 0.4) is 0 Å². The number of nitrogens with zero attached hydrogens (tertiary/aromatic N) is 1. The molecule has 0 spiro atoms. The number of benzene rings is 1. The normalized spacial score (nSPS) is 20.7. The summed E-state index contributed by atoms with van der Waals surface area (Å²) in [6, 6.07) is 6.90. The molecule has 0 saturated heterocycles. The van der Waals surface area contributed by atoms with E-state index in [4.69, 9.17) is 0 Å². The highest BCUT2D eigenvalue weighted by Gasteiger charge is 2.29. The summed E-state index contributed by atoms with van der Waals surface area (Å²) in [6.45, 7) is 6.54. The molecule has 1 unspecified atom stereocenters. The first-order chi connectivity index (χ1) is 9.30. The summed E-state index contributed by atoms with van der Waals surface area (Å²) in [5.74, 6) is 0. The standard InChI is InChI=1S/C17H26BrNO/c1-12(20)15-6-5-14(11-16(15)18)19(4)13-7-9-17(2,3)10-8-13/h5-6,11-13,20H,7-10H2,1-4H3. The number of halogens is 1. The minimum Gasteiger partial charge on any atom is -0.389 e. The Labute approximate surface area is 131 Å². The highest BCUT2D eigenvalue weighted by molar-refractivity contribution is 9.10. The molecular formula is C17H26BrNO. The van der Waals surface area contributed by atoms with Crippen molar-refractivity contribution in [2.45, 2.75) is 58.6 Å². The zero-order chi connectivity index (χ0) is 14.9. The Balaban J connectivity index is 2.10. The average Bonchev–Trinajstić information content (AvgIpc) is 2.37. The Morgan fingerprint density at radius 2 is 1.90 bits per heavy atom. The molecule has 1 atom stereocenters. The van der Waals surface area contributed by atoms with Crippen LogP contribution in [0.2, 0.25) is 0 Å².